The van der Waals surface area contributed by atoms with Crippen LogP contribution in [0.25, 0.3) is 0 Å². The Bertz CT molecular complexity index is 812. The molecule has 3 rings (SSSR count). The van der Waals surface area contributed by atoms with Crippen LogP contribution in [0.4, 0.5) is 5.13 Å². The van der Waals surface area contributed by atoms with E-state index < -0.39 is 15.9 Å². The number of amides is 1. The average Bonchev–Trinajstić information content (AvgIpc) is 3.19. The van der Waals surface area contributed by atoms with Gasteiger partial charge in [0.25, 0.3) is 5.91 Å². The molecule has 1 heterocycles. The Hall–Kier alpha value is -1.84. The van der Waals surface area contributed by atoms with Gasteiger partial charge in [0.05, 0.1) is 4.90 Å². The largest absolute Gasteiger partial charge is 0.296 e. The first-order valence-electron chi connectivity index (χ1n) is 6.68. The van der Waals surface area contributed by atoms with Crippen molar-refractivity contribution in [2.24, 2.45) is 0 Å². The van der Waals surface area contributed by atoms with Gasteiger partial charge in [-0.15, -0.1) is 10.2 Å². The van der Waals surface area contributed by atoms with Gasteiger partial charge in [-0.25, -0.2) is 13.1 Å². The number of carbonyl (C=O) groups excluding carboxylic acids is 1. The van der Waals surface area contributed by atoms with Gasteiger partial charge in [-0.3, -0.25) is 10.1 Å². The summed E-state index contributed by atoms with van der Waals surface area (Å²) in [6.45, 7) is 1.78. The molecule has 0 spiro atoms. The van der Waals surface area contributed by atoms with Crippen molar-refractivity contribution in [3.8, 4) is 0 Å². The van der Waals surface area contributed by atoms with Gasteiger partial charge in [0.2, 0.25) is 15.2 Å². The topological polar surface area (TPSA) is 101 Å². The fourth-order valence-corrected chi connectivity index (χ4v) is 3.75. The number of nitrogens with zero attached hydrogens (tertiary/aromatic N) is 2. The smallest absolute Gasteiger partial charge is 0.257 e. The maximum atomic E-state index is 12.2. The minimum Gasteiger partial charge on any atom is -0.296 e. The van der Waals surface area contributed by atoms with E-state index >= 15 is 0 Å². The summed E-state index contributed by atoms with van der Waals surface area (Å²) in [5.74, 6) is -0.417. The quantitative estimate of drug-likeness (QED) is 0.861. The highest BCUT2D eigenvalue weighted by molar-refractivity contribution is 7.89. The average molecular weight is 338 g/mol. The van der Waals surface area contributed by atoms with Crippen LogP contribution >= 0.6 is 11.3 Å². The Kier molecular flexibility index (Phi) is 3.94. The lowest BCUT2D eigenvalue weighted by atomic mass is 10.2. The van der Waals surface area contributed by atoms with Crippen molar-refractivity contribution in [2.45, 2.75) is 30.7 Å². The van der Waals surface area contributed by atoms with E-state index in [4.69, 9.17) is 0 Å². The van der Waals surface area contributed by atoms with E-state index in [1.807, 2.05) is 0 Å². The monoisotopic (exact) mass is 338 g/mol. The second-order valence-electron chi connectivity index (χ2n) is 5.00. The Morgan fingerprint density at radius 1 is 1.32 bits per heavy atom. The number of aromatic nitrogens is 2. The Labute approximate surface area is 131 Å². The minimum absolute atomic E-state index is 0.0202. The van der Waals surface area contributed by atoms with Crippen LogP contribution in [0.3, 0.4) is 0 Å². The zero-order chi connectivity index (χ0) is 15.7. The minimum atomic E-state index is -3.58. The zero-order valence-electron chi connectivity index (χ0n) is 11.7. The van der Waals surface area contributed by atoms with E-state index in [1.54, 1.807) is 19.1 Å². The van der Waals surface area contributed by atoms with Gasteiger partial charge in [0.1, 0.15) is 5.01 Å². The fraction of sp³-hybridized carbons (Fsp3) is 0.308. The van der Waals surface area contributed by atoms with Gasteiger partial charge in [-0.1, -0.05) is 17.4 Å². The van der Waals surface area contributed by atoms with Crippen LogP contribution in [-0.4, -0.2) is 30.6 Å². The summed E-state index contributed by atoms with van der Waals surface area (Å²) in [5, 5.41) is 11.3. The molecular weight excluding hydrogens is 324 g/mol. The number of sulfonamides is 1. The van der Waals surface area contributed by atoms with Crippen molar-refractivity contribution in [1.82, 2.24) is 14.9 Å². The third kappa shape index (κ3) is 3.49. The molecule has 1 aliphatic carbocycles. The van der Waals surface area contributed by atoms with Crippen LogP contribution in [0.15, 0.2) is 29.2 Å². The molecule has 22 heavy (non-hydrogen) atoms. The van der Waals surface area contributed by atoms with Gasteiger partial charge < -0.3 is 0 Å². The number of anilines is 1. The number of carbonyl (C=O) groups is 1. The molecule has 0 radical (unpaired) electrons. The van der Waals surface area contributed by atoms with Crippen LogP contribution in [0.5, 0.6) is 0 Å². The van der Waals surface area contributed by atoms with Crippen molar-refractivity contribution in [3.05, 3.63) is 34.8 Å². The number of hydrogen-bond donors (Lipinski definition) is 2. The molecule has 7 nitrogen and oxygen atoms in total. The third-order valence-corrected chi connectivity index (χ3v) is 5.32. The highest BCUT2D eigenvalue weighted by Gasteiger charge is 2.28. The normalized spacial score (nSPS) is 14.8. The second-order valence-corrected chi connectivity index (χ2v) is 7.90. The molecule has 1 aromatic heterocycles. The maximum Gasteiger partial charge on any atom is 0.257 e. The van der Waals surface area contributed by atoms with Crippen molar-refractivity contribution < 1.29 is 13.2 Å². The maximum absolute atomic E-state index is 12.2. The van der Waals surface area contributed by atoms with Crippen molar-refractivity contribution in [2.75, 3.05) is 5.32 Å². The van der Waals surface area contributed by atoms with E-state index in [2.05, 4.69) is 20.2 Å². The summed E-state index contributed by atoms with van der Waals surface area (Å²) in [6, 6.07) is 5.94. The van der Waals surface area contributed by atoms with Gasteiger partial charge in [0, 0.05) is 11.6 Å². The van der Waals surface area contributed by atoms with Gasteiger partial charge in [0.15, 0.2) is 0 Å². The molecule has 0 unspecified atom stereocenters. The lowest BCUT2D eigenvalue weighted by molar-refractivity contribution is 0.102. The molecule has 0 bridgehead atoms. The molecule has 0 aliphatic heterocycles. The summed E-state index contributed by atoms with van der Waals surface area (Å²) in [5.41, 5.74) is 0.256. The van der Waals surface area contributed by atoms with E-state index in [0.29, 0.717) is 5.13 Å². The Morgan fingerprint density at radius 2 is 2.09 bits per heavy atom. The van der Waals surface area contributed by atoms with Crippen LogP contribution < -0.4 is 10.0 Å². The van der Waals surface area contributed by atoms with E-state index in [1.165, 1.54) is 23.5 Å². The summed E-state index contributed by atoms with van der Waals surface area (Å²) >= 11 is 1.25. The standard InChI is InChI=1S/C13H14N4O3S2/c1-8-15-16-13(21-8)14-12(18)9-3-2-4-11(7-9)22(19,20)17-10-5-6-10/h2-4,7,10,17H,5-6H2,1H3,(H,14,16,18). The molecular formula is C13H14N4O3S2. The SMILES string of the molecule is Cc1nnc(NC(=O)c2cccc(S(=O)(=O)NC3CC3)c2)s1. The number of aryl methyl sites for hydroxylation is 1. The summed E-state index contributed by atoms with van der Waals surface area (Å²) in [6.07, 6.45) is 1.71. The molecule has 0 atom stereocenters. The third-order valence-electron chi connectivity index (χ3n) is 3.05. The van der Waals surface area contributed by atoms with E-state index in [-0.39, 0.29) is 16.5 Å². The lowest BCUT2D eigenvalue weighted by Gasteiger charge is -2.07. The number of hydrogen-bond acceptors (Lipinski definition) is 6. The van der Waals surface area contributed by atoms with E-state index in [9.17, 15) is 13.2 Å². The summed E-state index contributed by atoms with van der Waals surface area (Å²) < 4.78 is 26.9. The van der Waals surface area contributed by atoms with Crippen molar-refractivity contribution in [1.29, 1.82) is 0 Å². The first-order valence-corrected chi connectivity index (χ1v) is 8.98. The van der Waals surface area contributed by atoms with Crippen LogP contribution in [0, 0.1) is 6.92 Å². The molecule has 2 N–H and O–H groups in total. The summed E-state index contributed by atoms with van der Waals surface area (Å²) in [4.78, 5) is 12.2. The predicted molar refractivity (Wildman–Crippen MR) is 82.4 cm³/mol. The molecule has 116 valence electrons. The fourth-order valence-electron chi connectivity index (χ4n) is 1.81. The number of rotatable bonds is 5. The highest BCUT2D eigenvalue weighted by Crippen LogP contribution is 2.23. The molecule has 1 amide bonds. The first-order chi connectivity index (χ1) is 10.4. The van der Waals surface area contributed by atoms with Gasteiger partial charge >= 0.3 is 0 Å². The lowest BCUT2D eigenvalue weighted by Crippen LogP contribution is -2.26. The Balaban J connectivity index is 1.79. The summed E-state index contributed by atoms with van der Waals surface area (Å²) in [7, 11) is -3.58. The molecule has 2 aromatic rings. The van der Waals surface area contributed by atoms with E-state index in [0.717, 1.165) is 17.8 Å². The molecule has 1 aliphatic rings. The van der Waals surface area contributed by atoms with Crippen molar-refractivity contribution in [3.63, 3.8) is 0 Å². The van der Waals surface area contributed by atoms with Gasteiger partial charge in [-0.05, 0) is 38.0 Å². The Morgan fingerprint density at radius 3 is 2.73 bits per heavy atom. The van der Waals surface area contributed by atoms with Crippen LogP contribution in [-0.2, 0) is 10.0 Å². The van der Waals surface area contributed by atoms with Crippen LogP contribution in [0.2, 0.25) is 0 Å². The molecule has 1 saturated carbocycles. The highest BCUT2D eigenvalue weighted by atomic mass is 32.2. The first kappa shape index (κ1) is 15.1. The molecule has 1 aromatic carbocycles. The van der Waals surface area contributed by atoms with Crippen LogP contribution in [0.1, 0.15) is 28.2 Å². The molecule has 1 fully saturated rings. The van der Waals surface area contributed by atoms with Gasteiger partial charge in [-0.2, -0.15) is 0 Å². The molecule has 9 heteroatoms. The number of benzene rings is 1. The second kappa shape index (κ2) is 5.75. The zero-order valence-corrected chi connectivity index (χ0v) is 13.4. The predicted octanol–water partition coefficient (Wildman–Crippen LogP) is 1.54. The van der Waals surface area contributed by atoms with Crippen molar-refractivity contribution >= 4 is 32.4 Å². The molecule has 0 saturated heterocycles. The number of nitrogens with one attached hydrogen (secondary N) is 2.